The summed E-state index contributed by atoms with van der Waals surface area (Å²) in [6, 6.07) is 6.20. The molecule has 0 aliphatic heterocycles. The molecule has 3 heteroatoms. The molecule has 1 N–H and O–H groups in total. The zero-order valence-electron chi connectivity index (χ0n) is 14.0. The number of aromatic nitrogens is 1. The van der Waals surface area contributed by atoms with Gasteiger partial charge in [0.15, 0.2) is 0 Å². The summed E-state index contributed by atoms with van der Waals surface area (Å²) in [5.41, 5.74) is 2.26. The predicted molar refractivity (Wildman–Crippen MR) is 87.1 cm³/mol. The van der Waals surface area contributed by atoms with Crippen LogP contribution in [0.2, 0.25) is 0 Å². The molecule has 0 radical (unpaired) electrons. The minimum atomic E-state index is -0.189. The van der Waals surface area contributed by atoms with Gasteiger partial charge in [-0.1, -0.05) is 33.3 Å². The van der Waals surface area contributed by atoms with Crippen LogP contribution in [-0.2, 0) is 6.54 Å². The smallest absolute Gasteiger partial charge is 0.0631 e. The van der Waals surface area contributed by atoms with Gasteiger partial charge in [-0.05, 0) is 49.8 Å². The van der Waals surface area contributed by atoms with Crippen molar-refractivity contribution in [2.75, 3.05) is 13.1 Å². The summed E-state index contributed by atoms with van der Waals surface area (Å²) in [7, 11) is 0. The van der Waals surface area contributed by atoms with Crippen LogP contribution in [0.4, 0.5) is 0 Å². The van der Waals surface area contributed by atoms with Crippen LogP contribution < -0.4 is 0 Å². The number of hydrogen-bond acceptors (Lipinski definition) is 3. The number of aryl methyl sites for hydroxylation is 1. The van der Waals surface area contributed by atoms with Gasteiger partial charge >= 0.3 is 0 Å². The molecule has 2 atom stereocenters. The second kappa shape index (κ2) is 6.89. The van der Waals surface area contributed by atoms with Crippen molar-refractivity contribution in [1.29, 1.82) is 0 Å². The molecular formula is C18H30N2O. The number of rotatable bonds is 5. The first kappa shape index (κ1) is 16.4. The average molecular weight is 290 g/mol. The molecule has 0 amide bonds. The number of aliphatic hydroxyl groups excluding tert-OH is 1. The maximum Gasteiger partial charge on any atom is 0.0631 e. The standard InChI is InChI=1S/C18H30N2O/c1-5-20(13-16-10-6-8-14(2)19-16)12-15-9-7-11-18(3,4)17(15)21/h6,8,10,15,17,21H,5,7,9,11-13H2,1-4H3. The third-order valence-electron chi connectivity index (χ3n) is 4.91. The van der Waals surface area contributed by atoms with E-state index in [1.807, 2.05) is 13.0 Å². The maximum atomic E-state index is 10.6. The Balaban J connectivity index is 1.99. The van der Waals surface area contributed by atoms with Crippen LogP contribution in [0.15, 0.2) is 18.2 Å². The predicted octanol–water partition coefficient (Wildman–Crippen LogP) is 3.40. The highest BCUT2D eigenvalue weighted by atomic mass is 16.3. The number of aliphatic hydroxyl groups is 1. The Morgan fingerprint density at radius 3 is 2.81 bits per heavy atom. The molecule has 1 fully saturated rings. The summed E-state index contributed by atoms with van der Waals surface area (Å²) in [5.74, 6) is 0.388. The highest BCUT2D eigenvalue weighted by Gasteiger charge is 2.38. The molecule has 2 unspecified atom stereocenters. The van der Waals surface area contributed by atoms with Crippen molar-refractivity contribution in [2.45, 2.75) is 59.6 Å². The van der Waals surface area contributed by atoms with Gasteiger partial charge in [-0.15, -0.1) is 0 Å². The Labute approximate surface area is 129 Å². The van der Waals surface area contributed by atoms with E-state index in [4.69, 9.17) is 0 Å². The van der Waals surface area contributed by atoms with Crippen LogP contribution in [0.5, 0.6) is 0 Å². The molecule has 118 valence electrons. The second-order valence-electron chi connectivity index (χ2n) is 7.18. The van der Waals surface area contributed by atoms with Crippen molar-refractivity contribution >= 4 is 0 Å². The minimum Gasteiger partial charge on any atom is -0.392 e. The lowest BCUT2D eigenvalue weighted by molar-refractivity contribution is -0.0433. The topological polar surface area (TPSA) is 36.4 Å². The summed E-state index contributed by atoms with van der Waals surface area (Å²) in [4.78, 5) is 7.01. The third-order valence-corrected chi connectivity index (χ3v) is 4.91. The van der Waals surface area contributed by atoms with E-state index >= 15 is 0 Å². The van der Waals surface area contributed by atoms with Gasteiger partial charge in [-0.25, -0.2) is 0 Å². The van der Waals surface area contributed by atoms with E-state index in [2.05, 4.69) is 42.8 Å². The summed E-state index contributed by atoms with van der Waals surface area (Å²) in [6.45, 7) is 11.5. The van der Waals surface area contributed by atoms with Gasteiger partial charge in [0.05, 0.1) is 11.8 Å². The lowest BCUT2D eigenvalue weighted by Gasteiger charge is -2.42. The summed E-state index contributed by atoms with van der Waals surface area (Å²) >= 11 is 0. The molecule has 0 bridgehead atoms. The van der Waals surface area contributed by atoms with E-state index in [0.29, 0.717) is 5.92 Å². The molecule has 0 spiro atoms. The van der Waals surface area contributed by atoms with E-state index in [1.54, 1.807) is 0 Å². The average Bonchev–Trinajstić information content (AvgIpc) is 2.43. The molecule has 2 rings (SSSR count). The van der Waals surface area contributed by atoms with Gasteiger partial charge in [0, 0.05) is 18.8 Å². The molecule has 1 saturated carbocycles. The zero-order valence-corrected chi connectivity index (χ0v) is 14.0. The van der Waals surface area contributed by atoms with Crippen LogP contribution in [0.25, 0.3) is 0 Å². The molecule has 3 nitrogen and oxygen atoms in total. The van der Waals surface area contributed by atoms with Gasteiger partial charge < -0.3 is 5.11 Å². The minimum absolute atomic E-state index is 0.0594. The van der Waals surface area contributed by atoms with Crippen molar-refractivity contribution < 1.29 is 5.11 Å². The third kappa shape index (κ3) is 4.27. The number of nitrogens with zero attached hydrogens (tertiary/aromatic N) is 2. The fourth-order valence-electron chi connectivity index (χ4n) is 3.51. The Bertz CT molecular complexity index is 458. The number of hydrogen-bond donors (Lipinski definition) is 1. The molecule has 1 aliphatic rings. The van der Waals surface area contributed by atoms with Crippen LogP contribution in [0.1, 0.15) is 51.4 Å². The molecular weight excluding hydrogens is 260 g/mol. The lowest BCUT2D eigenvalue weighted by Crippen LogP contribution is -2.45. The van der Waals surface area contributed by atoms with Crippen molar-refractivity contribution in [3.63, 3.8) is 0 Å². The van der Waals surface area contributed by atoms with Crippen LogP contribution in [-0.4, -0.2) is 34.2 Å². The molecule has 0 aromatic carbocycles. The monoisotopic (exact) mass is 290 g/mol. The van der Waals surface area contributed by atoms with Gasteiger partial charge in [-0.3, -0.25) is 9.88 Å². The molecule has 1 aliphatic carbocycles. The summed E-state index contributed by atoms with van der Waals surface area (Å²) in [5, 5.41) is 10.6. The van der Waals surface area contributed by atoms with Crippen molar-refractivity contribution in [3.05, 3.63) is 29.6 Å². The Morgan fingerprint density at radius 2 is 2.14 bits per heavy atom. The Morgan fingerprint density at radius 1 is 1.38 bits per heavy atom. The highest BCUT2D eigenvalue weighted by molar-refractivity contribution is 5.09. The van der Waals surface area contributed by atoms with E-state index in [9.17, 15) is 5.11 Å². The Hall–Kier alpha value is -0.930. The van der Waals surface area contributed by atoms with Gasteiger partial charge in [0.1, 0.15) is 0 Å². The highest BCUT2D eigenvalue weighted by Crippen LogP contribution is 2.39. The maximum absolute atomic E-state index is 10.6. The summed E-state index contributed by atoms with van der Waals surface area (Å²) < 4.78 is 0. The molecule has 0 saturated heterocycles. The van der Waals surface area contributed by atoms with E-state index in [0.717, 1.165) is 43.9 Å². The van der Waals surface area contributed by atoms with E-state index in [-0.39, 0.29) is 11.5 Å². The molecule has 1 aromatic rings. The fraction of sp³-hybridized carbons (Fsp3) is 0.722. The van der Waals surface area contributed by atoms with Crippen molar-refractivity contribution in [2.24, 2.45) is 11.3 Å². The summed E-state index contributed by atoms with van der Waals surface area (Å²) in [6.07, 6.45) is 3.32. The van der Waals surface area contributed by atoms with Crippen molar-refractivity contribution in [3.8, 4) is 0 Å². The number of pyridine rings is 1. The Kier molecular flexibility index (Phi) is 5.39. The first-order chi connectivity index (χ1) is 9.92. The first-order valence-corrected chi connectivity index (χ1v) is 8.25. The zero-order chi connectivity index (χ0) is 15.5. The first-order valence-electron chi connectivity index (χ1n) is 8.25. The largest absolute Gasteiger partial charge is 0.392 e. The lowest BCUT2D eigenvalue weighted by atomic mass is 9.69. The van der Waals surface area contributed by atoms with E-state index < -0.39 is 0 Å². The van der Waals surface area contributed by atoms with Crippen LogP contribution in [0.3, 0.4) is 0 Å². The second-order valence-corrected chi connectivity index (χ2v) is 7.18. The van der Waals surface area contributed by atoms with Gasteiger partial charge in [-0.2, -0.15) is 0 Å². The van der Waals surface area contributed by atoms with Crippen molar-refractivity contribution in [1.82, 2.24) is 9.88 Å². The van der Waals surface area contributed by atoms with E-state index in [1.165, 1.54) is 6.42 Å². The molecule has 1 aromatic heterocycles. The SMILES string of the molecule is CCN(Cc1cccc(C)n1)CC1CCCC(C)(C)C1O. The van der Waals surface area contributed by atoms with Crippen LogP contribution >= 0.6 is 0 Å². The van der Waals surface area contributed by atoms with Gasteiger partial charge in [0.25, 0.3) is 0 Å². The molecule has 21 heavy (non-hydrogen) atoms. The fourth-order valence-corrected chi connectivity index (χ4v) is 3.51. The normalized spacial score (nSPS) is 25.2. The van der Waals surface area contributed by atoms with Gasteiger partial charge in [0.2, 0.25) is 0 Å². The van der Waals surface area contributed by atoms with Crippen LogP contribution in [0, 0.1) is 18.3 Å². The quantitative estimate of drug-likeness (QED) is 0.903. The molecule has 1 heterocycles.